The lowest BCUT2D eigenvalue weighted by atomic mass is 9.57. The number of imidazole rings is 1. The van der Waals surface area contributed by atoms with Crippen LogP contribution in [0.5, 0.6) is 0 Å². The number of rotatable bonds is 5. The molecule has 3 N–H and O–H groups in total. The molecular weight excluding hydrogens is 394 g/mol. The fourth-order valence-corrected chi connectivity index (χ4v) is 5.69. The third-order valence-corrected chi connectivity index (χ3v) is 7.81. The highest BCUT2D eigenvalue weighted by Gasteiger charge is 2.61. The van der Waals surface area contributed by atoms with Crippen molar-refractivity contribution < 1.29 is 14.3 Å². The van der Waals surface area contributed by atoms with Crippen molar-refractivity contribution in [2.24, 2.45) is 23.0 Å². The van der Waals surface area contributed by atoms with Crippen molar-refractivity contribution in [3.63, 3.8) is 0 Å². The van der Waals surface area contributed by atoms with E-state index in [9.17, 15) is 9.59 Å². The second kappa shape index (κ2) is 7.29. The molecule has 2 saturated carbocycles. The lowest BCUT2D eigenvalue weighted by Gasteiger charge is -2.52. The number of carbonyl (C=O) groups excluding carboxylic acids is 2. The van der Waals surface area contributed by atoms with Crippen molar-refractivity contribution in [2.45, 2.75) is 69.9 Å². The van der Waals surface area contributed by atoms with E-state index >= 15 is 0 Å². The number of nitrogens with zero attached hydrogens (tertiary/aromatic N) is 3. The zero-order valence-electron chi connectivity index (χ0n) is 18.3. The van der Waals surface area contributed by atoms with Gasteiger partial charge in [-0.2, -0.15) is 5.10 Å². The van der Waals surface area contributed by atoms with Gasteiger partial charge in [0, 0.05) is 24.4 Å². The lowest BCUT2D eigenvalue weighted by molar-refractivity contribution is -0.173. The summed E-state index contributed by atoms with van der Waals surface area (Å²) in [6.07, 6.45) is 8.86. The third kappa shape index (κ3) is 3.41. The molecule has 31 heavy (non-hydrogen) atoms. The van der Waals surface area contributed by atoms with Gasteiger partial charge >= 0.3 is 5.97 Å². The fourth-order valence-electron chi connectivity index (χ4n) is 5.69. The topological polar surface area (TPSA) is 112 Å². The van der Waals surface area contributed by atoms with Crippen LogP contribution >= 0.6 is 0 Å². The predicted octanol–water partition coefficient (Wildman–Crippen LogP) is 1.79. The van der Waals surface area contributed by atoms with E-state index in [-0.39, 0.29) is 29.8 Å². The van der Waals surface area contributed by atoms with Gasteiger partial charge in [-0.3, -0.25) is 9.59 Å². The minimum absolute atomic E-state index is 0.000312. The molecule has 0 radical (unpaired) electrons. The highest BCUT2D eigenvalue weighted by atomic mass is 16.5. The van der Waals surface area contributed by atoms with Gasteiger partial charge in [0.15, 0.2) is 11.1 Å². The van der Waals surface area contributed by atoms with Crippen molar-refractivity contribution in [1.82, 2.24) is 19.9 Å². The molecule has 2 aliphatic heterocycles. The minimum atomic E-state index is -1.20. The van der Waals surface area contributed by atoms with Crippen LogP contribution in [0, 0.1) is 17.3 Å². The highest BCUT2D eigenvalue weighted by molar-refractivity contribution is 6.04. The molecule has 2 saturated heterocycles. The average Bonchev–Trinajstić information content (AvgIpc) is 3.11. The summed E-state index contributed by atoms with van der Waals surface area (Å²) in [6.45, 7) is 2.29. The molecule has 0 aromatic carbocycles. The maximum atomic E-state index is 12.8. The Bertz CT molecular complexity index is 1010. The van der Waals surface area contributed by atoms with Gasteiger partial charge in [0.25, 0.3) is 0 Å². The van der Waals surface area contributed by atoms with E-state index in [1.165, 1.54) is 7.11 Å². The fraction of sp³-hybridized carbons (Fsp3) is 0.652. The van der Waals surface area contributed by atoms with E-state index in [0.29, 0.717) is 5.69 Å². The molecule has 2 aliphatic carbocycles. The van der Waals surface area contributed by atoms with E-state index in [1.807, 2.05) is 18.3 Å². The molecule has 1 atom stereocenters. The molecule has 8 heteroatoms. The Labute approximate surface area is 181 Å². The number of carbonyl (C=O) groups is 2. The Balaban J connectivity index is 1.39. The summed E-state index contributed by atoms with van der Waals surface area (Å²) in [6, 6.07) is 3.94. The predicted molar refractivity (Wildman–Crippen MR) is 114 cm³/mol. The van der Waals surface area contributed by atoms with Crippen molar-refractivity contribution >= 4 is 17.5 Å². The quantitative estimate of drug-likeness (QED) is 0.558. The van der Waals surface area contributed by atoms with Crippen molar-refractivity contribution in [1.29, 1.82) is 0 Å². The Morgan fingerprint density at radius 3 is 2.68 bits per heavy atom. The van der Waals surface area contributed by atoms with Gasteiger partial charge in [0.1, 0.15) is 0 Å². The average molecular weight is 426 g/mol. The number of esters is 1. The van der Waals surface area contributed by atoms with Crippen LogP contribution < -0.4 is 11.1 Å². The normalized spacial score (nSPS) is 34.8. The van der Waals surface area contributed by atoms with E-state index in [0.717, 1.165) is 62.2 Å². The first-order valence-corrected chi connectivity index (χ1v) is 11.3. The smallest absolute Gasteiger partial charge is 0.322 e. The molecule has 6 rings (SSSR count). The summed E-state index contributed by atoms with van der Waals surface area (Å²) in [5, 5.41) is 7.66. The maximum absolute atomic E-state index is 12.8. The number of hydrogen-bond acceptors (Lipinski definition) is 6. The number of amides is 1. The van der Waals surface area contributed by atoms with Crippen LogP contribution in [-0.2, 0) is 27.2 Å². The summed E-state index contributed by atoms with van der Waals surface area (Å²) in [5.74, 6) is 0.0296. The molecular formula is C23H31N5O3. The molecule has 166 valence electrons. The molecule has 1 amide bonds. The van der Waals surface area contributed by atoms with Crippen LogP contribution in [0.2, 0.25) is 0 Å². The van der Waals surface area contributed by atoms with Crippen LogP contribution in [0.4, 0.5) is 0 Å². The largest absolute Gasteiger partial charge is 0.468 e. The number of nitrogens with one attached hydrogen (secondary N) is 1. The lowest BCUT2D eigenvalue weighted by Crippen LogP contribution is -2.67. The van der Waals surface area contributed by atoms with Crippen LogP contribution in [0.15, 0.2) is 18.3 Å². The number of methoxy groups -OCH3 is 1. The number of hydrogen-bond donors (Lipinski definition) is 2. The first kappa shape index (κ1) is 20.4. The van der Waals surface area contributed by atoms with Crippen LogP contribution in [-0.4, -0.2) is 45.2 Å². The van der Waals surface area contributed by atoms with Crippen LogP contribution in [0.1, 0.15) is 56.8 Å². The summed E-state index contributed by atoms with van der Waals surface area (Å²) >= 11 is 0. The molecule has 4 heterocycles. The zero-order valence-corrected chi connectivity index (χ0v) is 18.3. The van der Waals surface area contributed by atoms with Gasteiger partial charge < -0.3 is 15.8 Å². The van der Waals surface area contributed by atoms with E-state index in [4.69, 9.17) is 20.6 Å². The SMILES string of the molecule is COC(=O)C1(Cc2ccc3nc(CC4(N)CCC(C)CC4)cn3n2)C(=O)NC2CC1C2. The van der Waals surface area contributed by atoms with Gasteiger partial charge in [0.2, 0.25) is 5.91 Å². The van der Waals surface area contributed by atoms with E-state index in [1.54, 1.807) is 4.52 Å². The summed E-state index contributed by atoms with van der Waals surface area (Å²) in [4.78, 5) is 30.3. The standard InChI is InChI=1S/C23H31N5O3/c1-14-5-7-22(24,8-6-14)11-18-13-28-19(25-18)4-3-16(27-28)12-23(21(30)31-2)15-9-17(10-15)26-20(23)29/h3-4,13-15,17H,5-12,24H2,1-2H3,(H,26,29). The summed E-state index contributed by atoms with van der Waals surface area (Å²) in [5.41, 5.74) is 7.61. The van der Waals surface area contributed by atoms with Crippen LogP contribution in [0.25, 0.3) is 5.65 Å². The molecule has 2 aromatic heterocycles. The second-order valence-electron chi connectivity index (χ2n) is 10.1. The minimum Gasteiger partial charge on any atom is -0.468 e. The zero-order chi connectivity index (χ0) is 21.8. The number of piperidine rings is 2. The Hall–Kier alpha value is -2.48. The van der Waals surface area contributed by atoms with Crippen molar-refractivity contribution in [3.05, 3.63) is 29.7 Å². The molecule has 4 aliphatic rings. The number of fused-ring (bicyclic) bond motifs is 3. The Morgan fingerprint density at radius 2 is 2.00 bits per heavy atom. The monoisotopic (exact) mass is 425 g/mol. The first-order chi connectivity index (χ1) is 14.8. The molecule has 4 fully saturated rings. The number of nitrogens with two attached hydrogens (primary N) is 1. The third-order valence-electron chi connectivity index (χ3n) is 7.81. The van der Waals surface area contributed by atoms with E-state index < -0.39 is 11.4 Å². The molecule has 2 bridgehead atoms. The Morgan fingerprint density at radius 1 is 1.26 bits per heavy atom. The molecule has 8 nitrogen and oxygen atoms in total. The summed E-state index contributed by atoms with van der Waals surface area (Å²) < 4.78 is 6.81. The van der Waals surface area contributed by atoms with Gasteiger partial charge in [-0.05, 0) is 62.5 Å². The first-order valence-electron chi connectivity index (χ1n) is 11.3. The van der Waals surface area contributed by atoms with Crippen LogP contribution in [0.3, 0.4) is 0 Å². The van der Waals surface area contributed by atoms with Gasteiger partial charge in [-0.25, -0.2) is 9.50 Å². The summed E-state index contributed by atoms with van der Waals surface area (Å²) in [7, 11) is 1.34. The molecule has 1 unspecified atom stereocenters. The molecule has 2 aromatic rings. The van der Waals surface area contributed by atoms with E-state index in [2.05, 4.69) is 12.2 Å². The maximum Gasteiger partial charge on any atom is 0.322 e. The van der Waals surface area contributed by atoms with Crippen molar-refractivity contribution in [2.75, 3.05) is 7.11 Å². The van der Waals surface area contributed by atoms with Crippen molar-refractivity contribution in [3.8, 4) is 0 Å². The second-order valence-corrected chi connectivity index (χ2v) is 10.1. The van der Waals surface area contributed by atoms with Gasteiger partial charge in [-0.15, -0.1) is 0 Å². The molecule has 0 spiro atoms. The number of aromatic nitrogens is 3. The Kier molecular flexibility index (Phi) is 4.80. The highest BCUT2D eigenvalue weighted by Crippen LogP contribution is 2.49. The number of ether oxygens (including phenoxy) is 1. The van der Waals surface area contributed by atoms with Gasteiger partial charge in [0.05, 0.1) is 24.7 Å². The van der Waals surface area contributed by atoms with Gasteiger partial charge in [-0.1, -0.05) is 6.92 Å².